The number of aromatic nitrogens is 1. The largest absolute Gasteiger partial charge is 0.336 e. The van der Waals surface area contributed by atoms with Gasteiger partial charge in [-0.1, -0.05) is 0 Å². The molecule has 0 N–H and O–H groups in total. The van der Waals surface area contributed by atoms with Crippen LogP contribution in [0.5, 0.6) is 0 Å². The molecular formula is C13H11F3N2OS. The topological polar surface area (TPSA) is 33.2 Å². The number of carbonyl (C=O) groups excluding carboxylic acids is 1. The minimum Gasteiger partial charge on any atom is -0.336 e. The molecular weight excluding hydrogens is 289 g/mol. The van der Waals surface area contributed by atoms with Gasteiger partial charge in [0.25, 0.3) is 5.91 Å². The quantitative estimate of drug-likeness (QED) is 0.816. The van der Waals surface area contributed by atoms with Crippen molar-refractivity contribution in [2.45, 2.75) is 13.5 Å². The number of rotatable bonds is 3. The molecule has 0 bridgehead atoms. The van der Waals surface area contributed by atoms with Crippen LogP contribution in [0.15, 0.2) is 17.5 Å². The summed E-state index contributed by atoms with van der Waals surface area (Å²) in [5.41, 5.74) is 0.447. The Labute approximate surface area is 117 Å². The first-order valence-electron chi connectivity index (χ1n) is 5.69. The van der Waals surface area contributed by atoms with Gasteiger partial charge in [0.05, 0.1) is 17.2 Å². The van der Waals surface area contributed by atoms with Gasteiger partial charge >= 0.3 is 0 Å². The molecule has 0 fully saturated rings. The molecule has 0 aliphatic rings. The molecule has 7 heteroatoms. The van der Waals surface area contributed by atoms with E-state index in [-0.39, 0.29) is 12.1 Å². The van der Waals surface area contributed by atoms with Crippen molar-refractivity contribution in [3.8, 4) is 0 Å². The van der Waals surface area contributed by atoms with Crippen LogP contribution in [0.25, 0.3) is 0 Å². The monoisotopic (exact) mass is 300 g/mol. The molecule has 1 heterocycles. The normalized spacial score (nSPS) is 10.7. The lowest BCUT2D eigenvalue weighted by Gasteiger charge is -2.16. The molecule has 1 amide bonds. The van der Waals surface area contributed by atoms with Crippen molar-refractivity contribution in [3.63, 3.8) is 0 Å². The van der Waals surface area contributed by atoms with Crippen LogP contribution < -0.4 is 0 Å². The lowest BCUT2D eigenvalue weighted by molar-refractivity contribution is 0.0782. The molecule has 106 valence electrons. The van der Waals surface area contributed by atoms with E-state index in [4.69, 9.17) is 0 Å². The Balaban J connectivity index is 2.18. The average molecular weight is 300 g/mol. The van der Waals surface area contributed by atoms with E-state index in [0.717, 1.165) is 5.01 Å². The lowest BCUT2D eigenvalue weighted by atomic mass is 10.2. The Kier molecular flexibility index (Phi) is 4.08. The number of hydrogen-bond acceptors (Lipinski definition) is 3. The highest BCUT2D eigenvalue weighted by molar-refractivity contribution is 7.09. The first-order valence-corrected chi connectivity index (χ1v) is 6.57. The van der Waals surface area contributed by atoms with E-state index >= 15 is 0 Å². The van der Waals surface area contributed by atoms with Crippen LogP contribution in [0.4, 0.5) is 13.2 Å². The summed E-state index contributed by atoms with van der Waals surface area (Å²) in [5.74, 6) is -4.95. The Morgan fingerprint density at radius 1 is 1.30 bits per heavy atom. The average Bonchev–Trinajstić information content (AvgIpc) is 2.79. The number of carbonyl (C=O) groups is 1. The fraction of sp³-hybridized carbons (Fsp3) is 0.231. The number of benzene rings is 1. The van der Waals surface area contributed by atoms with Crippen LogP contribution in [0.2, 0.25) is 0 Å². The third-order valence-corrected chi connectivity index (χ3v) is 3.47. The standard InChI is InChI=1S/C13H11F3N2OS/c1-7-17-9(6-20-7)5-18(2)13(19)8-3-10(14)12(16)11(15)4-8/h3-4,6H,5H2,1-2H3. The van der Waals surface area contributed by atoms with E-state index in [2.05, 4.69) is 4.98 Å². The Bertz CT molecular complexity index is 634. The smallest absolute Gasteiger partial charge is 0.254 e. The summed E-state index contributed by atoms with van der Waals surface area (Å²) in [6.07, 6.45) is 0. The van der Waals surface area contributed by atoms with Crippen LogP contribution in [0.3, 0.4) is 0 Å². The fourth-order valence-electron chi connectivity index (χ4n) is 1.70. The maximum absolute atomic E-state index is 13.1. The van der Waals surface area contributed by atoms with E-state index in [9.17, 15) is 18.0 Å². The van der Waals surface area contributed by atoms with Gasteiger partial charge < -0.3 is 4.90 Å². The van der Waals surface area contributed by atoms with Crippen molar-refractivity contribution in [2.24, 2.45) is 0 Å². The third-order valence-electron chi connectivity index (χ3n) is 2.64. The highest BCUT2D eigenvalue weighted by Crippen LogP contribution is 2.16. The van der Waals surface area contributed by atoms with Crippen LogP contribution in [0, 0.1) is 24.4 Å². The van der Waals surface area contributed by atoms with Gasteiger partial charge in [0.15, 0.2) is 17.5 Å². The van der Waals surface area contributed by atoms with E-state index in [1.807, 2.05) is 6.92 Å². The maximum atomic E-state index is 13.1. The Hall–Kier alpha value is -1.89. The lowest BCUT2D eigenvalue weighted by Crippen LogP contribution is -2.26. The van der Waals surface area contributed by atoms with Crippen LogP contribution >= 0.6 is 11.3 Å². The number of hydrogen-bond donors (Lipinski definition) is 0. The van der Waals surface area contributed by atoms with Crippen molar-refractivity contribution >= 4 is 17.2 Å². The van der Waals surface area contributed by atoms with Gasteiger partial charge in [-0.25, -0.2) is 18.2 Å². The van der Waals surface area contributed by atoms with Gasteiger partial charge in [-0.3, -0.25) is 4.79 Å². The van der Waals surface area contributed by atoms with Crippen LogP contribution in [-0.2, 0) is 6.54 Å². The second kappa shape index (κ2) is 5.62. The molecule has 1 aromatic carbocycles. The second-order valence-electron chi connectivity index (χ2n) is 4.27. The van der Waals surface area contributed by atoms with Gasteiger partial charge in [-0.2, -0.15) is 0 Å². The van der Waals surface area contributed by atoms with Crippen molar-refractivity contribution < 1.29 is 18.0 Å². The summed E-state index contributed by atoms with van der Waals surface area (Å²) >= 11 is 1.44. The molecule has 20 heavy (non-hydrogen) atoms. The molecule has 0 saturated carbocycles. The number of thiazole rings is 1. The van der Waals surface area contributed by atoms with Gasteiger partial charge in [-0.15, -0.1) is 11.3 Å². The summed E-state index contributed by atoms with van der Waals surface area (Å²) in [7, 11) is 1.48. The minimum atomic E-state index is -1.58. The number of nitrogens with zero attached hydrogens (tertiary/aromatic N) is 2. The molecule has 1 aromatic heterocycles. The Morgan fingerprint density at radius 2 is 1.90 bits per heavy atom. The van der Waals surface area contributed by atoms with E-state index < -0.39 is 23.4 Å². The molecule has 0 aliphatic heterocycles. The minimum absolute atomic E-state index is 0.212. The van der Waals surface area contributed by atoms with Gasteiger partial charge in [0, 0.05) is 18.0 Å². The summed E-state index contributed by atoms with van der Waals surface area (Å²) in [4.78, 5) is 17.5. The van der Waals surface area contributed by atoms with Crippen molar-refractivity contribution in [1.29, 1.82) is 0 Å². The Morgan fingerprint density at radius 3 is 2.40 bits per heavy atom. The zero-order valence-corrected chi connectivity index (χ0v) is 11.6. The highest BCUT2D eigenvalue weighted by Gasteiger charge is 2.18. The zero-order chi connectivity index (χ0) is 14.9. The third kappa shape index (κ3) is 2.98. The molecule has 0 aliphatic carbocycles. The molecule has 3 nitrogen and oxygen atoms in total. The predicted molar refractivity (Wildman–Crippen MR) is 69.0 cm³/mol. The maximum Gasteiger partial charge on any atom is 0.254 e. The SMILES string of the molecule is Cc1nc(CN(C)C(=O)c2cc(F)c(F)c(F)c2)cs1. The number of aryl methyl sites for hydroxylation is 1. The van der Waals surface area contributed by atoms with Gasteiger partial charge in [0.1, 0.15) is 0 Å². The molecule has 2 rings (SSSR count). The molecule has 0 unspecified atom stereocenters. The predicted octanol–water partition coefficient (Wildman–Crippen LogP) is 3.14. The number of amides is 1. The van der Waals surface area contributed by atoms with Gasteiger partial charge in [-0.05, 0) is 19.1 Å². The summed E-state index contributed by atoms with van der Waals surface area (Å²) in [6.45, 7) is 2.05. The highest BCUT2D eigenvalue weighted by atomic mass is 32.1. The van der Waals surface area contributed by atoms with Gasteiger partial charge in [0.2, 0.25) is 0 Å². The molecule has 0 spiro atoms. The van der Waals surface area contributed by atoms with Crippen LogP contribution in [-0.4, -0.2) is 22.8 Å². The summed E-state index contributed by atoms with van der Waals surface area (Å²) < 4.78 is 39.0. The first-order chi connectivity index (χ1) is 9.38. The molecule has 0 radical (unpaired) electrons. The summed E-state index contributed by atoms with van der Waals surface area (Å²) in [6, 6.07) is 1.37. The molecule has 0 saturated heterocycles. The van der Waals surface area contributed by atoms with Crippen molar-refractivity contribution in [3.05, 3.63) is 51.2 Å². The first kappa shape index (κ1) is 14.5. The van der Waals surface area contributed by atoms with Crippen LogP contribution in [0.1, 0.15) is 21.1 Å². The van der Waals surface area contributed by atoms with E-state index in [0.29, 0.717) is 17.8 Å². The van der Waals surface area contributed by atoms with Crippen molar-refractivity contribution in [2.75, 3.05) is 7.05 Å². The molecule has 2 aromatic rings. The molecule has 0 atom stereocenters. The summed E-state index contributed by atoms with van der Waals surface area (Å²) in [5, 5.41) is 2.66. The van der Waals surface area contributed by atoms with E-state index in [1.54, 1.807) is 5.38 Å². The zero-order valence-electron chi connectivity index (χ0n) is 10.8. The fourth-order valence-corrected chi connectivity index (χ4v) is 2.30. The van der Waals surface area contributed by atoms with Crippen molar-refractivity contribution in [1.82, 2.24) is 9.88 Å². The van der Waals surface area contributed by atoms with E-state index in [1.165, 1.54) is 23.3 Å². The second-order valence-corrected chi connectivity index (χ2v) is 5.34. The number of halogens is 3.